The van der Waals surface area contributed by atoms with Crippen molar-refractivity contribution in [2.75, 3.05) is 0 Å². The third-order valence-electron chi connectivity index (χ3n) is 2.32. The Morgan fingerprint density at radius 2 is 1.61 bits per heavy atom. The van der Waals surface area contributed by atoms with Crippen LogP contribution in [0.15, 0.2) is 54.6 Å². The average molecular weight is 241 g/mol. The zero-order chi connectivity index (χ0) is 13.0. The molecule has 0 aliphatic heterocycles. The Labute approximate surface area is 103 Å². The number of nitro groups is 1. The summed E-state index contributed by atoms with van der Waals surface area (Å²) >= 11 is 0. The lowest BCUT2D eigenvalue weighted by atomic mass is 10.2. The van der Waals surface area contributed by atoms with Crippen molar-refractivity contribution in [3.63, 3.8) is 0 Å². The predicted octanol–water partition coefficient (Wildman–Crippen LogP) is 2.67. The Morgan fingerprint density at radius 1 is 1.00 bits per heavy atom. The van der Waals surface area contributed by atoms with E-state index in [1.807, 2.05) is 0 Å². The first-order valence-corrected chi connectivity index (χ1v) is 5.23. The minimum Gasteiger partial charge on any atom is -0.267 e. The van der Waals surface area contributed by atoms with Gasteiger partial charge in [-0.15, -0.1) is 0 Å². The van der Waals surface area contributed by atoms with E-state index in [0.717, 1.165) is 0 Å². The summed E-state index contributed by atoms with van der Waals surface area (Å²) in [5.74, 6) is -0.495. The summed E-state index contributed by atoms with van der Waals surface area (Å²) in [5.41, 5.74) is 0.286. The number of rotatable bonds is 3. The molecule has 0 unspecified atom stereocenters. The van der Waals surface area contributed by atoms with Crippen LogP contribution in [0.25, 0.3) is 0 Å². The summed E-state index contributed by atoms with van der Waals surface area (Å²) in [4.78, 5) is 22.0. The Hall–Kier alpha value is -2.69. The minimum absolute atomic E-state index is 0.0661. The van der Waals surface area contributed by atoms with Crippen molar-refractivity contribution >= 4 is 17.3 Å². The molecule has 0 N–H and O–H groups in total. The Balaban J connectivity index is 2.25. The molecular formula is C13H9N2O3. The van der Waals surface area contributed by atoms with Crippen LogP contribution in [-0.4, -0.2) is 10.8 Å². The minimum atomic E-state index is -0.558. The molecule has 1 amide bonds. The van der Waals surface area contributed by atoms with Crippen LogP contribution < -0.4 is 5.32 Å². The zero-order valence-electron chi connectivity index (χ0n) is 9.32. The van der Waals surface area contributed by atoms with Crippen molar-refractivity contribution in [3.8, 4) is 0 Å². The van der Waals surface area contributed by atoms with E-state index in [9.17, 15) is 14.9 Å². The van der Waals surface area contributed by atoms with Crippen molar-refractivity contribution in [2.24, 2.45) is 0 Å². The summed E-state index contributed by atoms with van der Waals surface area (Å²) < 4.78 is 0. The summed E-state index contributed by atoms with van der Waals surface area (Å²) in [6.07, 6.45) is 0. The van der Waals surface area contributed by atoms with E-state index in [1.165, 1.54) is 18.2 Å². The van der Waals surface area contributed by atoms with Crippen LogP contribution in [0, 0.1) is 10.1 Å². The maximum absolute atomic E-state index is 11.8. The molecule has 0 spiro atoms. The highest BCUT2D eigenvalue weighted by molar-refractivity contribution is 5.97. The highest BCUT2D eigenvalue weighted by Gasteiger charge is 2.17. The number of benzene rings is 2. The highest BCUT2D eigenvalue weighted by atomic mass is 16.6. The van der Waals surface area contributed by atoms with Crippen LogP contribution in [0.3, 0.4) is 0 Å². The molecule has 0 aliphatic carbocycles. The van der Waals surface area contributed by atoms with E-state index in [4.69, 9.17) is 0 Å². The fraction of sp³-hybridized carbons (Fsp3) is 0. The van der Waals surface area contributed by atoms with Gasteiger partial charge in [-0.2, -0.15) is 0 Å². The first-order valence-electron chi connectivity index (χ1n) is 5.23. The number of carbonyl (C=O) groups excluding carboxylic acids is 1. The number of para-hydroxylation sites is 2. The number of carbonyl (C=O) groups is 1. The average Bonchev–Trinajstić information content (AvgIpc) is 2.40. The number of nitro benzene ring substituents is 1. The van der Waals surface area contributed by atoms with Crippen molar-refractivity contribution < 1.29 is 9.72 Å². The van der Waals surface area contributed by atoms with Crippen LogP contribution in [0.4, 0.5) is 11.4 Å². The molecule has 0 atom stereocenters. The van der Waals surface area contributed by atoms with Gasteiger partial charge in [0, 0.05) is 11.6 Å². The summed E-state index contributed by atoms with van der Waals surface area (Å²) in [5, 5.41) is 14.5. The first-order chi connectivity index (χ1) is 8.68. The monoisotopic (exact) mass is 241 g/mol. The molecule has 18 heavy (non-hydrogen) atoms. The summed E-state index contributed by atoms with van der Waals surface area (Å²) in [7, 11) is 0. The third kappa shape index (κ3) is 2.52. The molecular weight excluding hydrogens is 232 g/mol. The lowest BCUT2D eigenvalue weighted by molar-refractivity contribution is -0.384. The fourth-order valence-electron chi connectivity index (χ4n) is 1.47. The van der Waals surface area contributed by atoms with Crippen molar-refractivity contribution in [2.45, 2.75) is 0 Å². The van der Waals surface area contributed by atoms with Gasteiger partial charge >= 0.3 is 0 Å². The molecule has 2 aromatic rings. The number of nitrogens with zero attached hydrogens (tertiary/aromatic N) is 2. The van der Waals surface area contributed by atoms with Gasteiger partial charge in [0.25, 0.3) is 11.6 Å². The zero-order valence-corrected chi connectivity index (χ0v) is 9.32. The maximum atomic E-state index is 11.8. The fourth-order valence-corrected chi connectivity index (χ4v) is 1.47. The molecule has 0 aromatic heterocycles. The van der Waals surface area contributed by atoms with E-state index >= 15 is 0 Å². The van der Waals surface area contributed by atoms with Crippen LogP contribution in [0.1, 0.15) is 10.4 Å². The van der Waals surface area contributed by atoms with Gasteiger partial charge in [0.2, 0.25) is 0 Å². The van der Waals surface area contributed by atoms with Gasteiger partial charge in [0.15, 0.2) is 0 Å². The van der Waals surface area contributed by atoms with Crippen molar-refractivity contribution in [1.29, 1.82) is 0 Å². The van der Waals surface area contributed by atoms with E-state index in [2.05, 4.69) is 5.32 Å². The quantitative estimate of drug-likeness (QED) is 0.612. The predicted molar refractivity (Wildman–Crippen MR) is 65.7 cm³/mol. The second-order valence-electron chi connectivity index (χ2n) is 3.53. The topological polar surface area (TPSA) is 74.3 Å². The molecule has 0 saturated heterocycles. The summed E-state index contributed by atoms with van der Waals surface area (Å²) in [6, 6.07) is 14.3. The van der Waals surface area contributed by atoms with Crippen LogP contribution in [0.2, 0.25) is 0 Å². The standard InChI is InChI=1S/C13H9N2O3/c16-13(10-6-2-1-3-7-10)14-11-8-4-5-9-12(11)15(17)18/h1-9H. The van der Waals surface area contributed by atoms with Gasteiger partial charge in [-0.1, -0.05) is 30.3 Å². The van der Waals surface area contributed by atoms with Gasteiger partial charge in [-0.3, -0.25) is 14.9 Å². The first kappa shape index (κ1) is 11.8. The van der Waals surface area contributed by atoms with E-state index < -0.39 is 10.8 Å². The summed E-state index contributed by atoms with van der Waals surface area (Å²) in [6.45, 7) is 0. The number of hydrogen-bond donors (Lipinski definition) is 0. The Morgan fingerprint density at radius 3 is 2.28 bits per heavy atom. The van der Waals surface area contributed by atoms with Crippen LogP contribution in [0.5, 0.6) is 0 Å². The van der Waals surface area contributed by atoms with E-state index in [0.29, 0.717) is 5.56 Å². The Kier molecular flexibility index (Phi) is 3.33. The molecule has 0 saturated carbocycles. The number of hydrogen-bond acceptors (Lipinski definition) is 3. The molecule has 5 nitrogen and oxygen atoms in total. The van der Waals surface area contributed by atoms with Gasteiger partial charge in [0.1, 0.15) is 5.69 Å². The molecule has 2 rings (SSSR count). The largest absolute Gasteiger partial charge is 0.294 e. The molecule has 0 bridgehead atoms. The van der Waals surface area contributed by atoms with Gasteiger partial charge in [-0.05, 0) is 18.2 Å². The second kappa shape index (κ2) is 5.09. The number of amides is 1. The lowest BCUT2D eigenvalue weighted by Crippen LogP contribution is -2.11. The smallest absolute Gasteiger partial charge is 0.267 e. The molecule has 0 heterocycles. The van der Waals surface area contributed by atoms with Crippen LogP contribution >= 0.6 is 0 Å². The third-order valence-corrected chi connectivity index (χ3v) is 2.32. The van der Waals surface area contributed by atoms with Crippen molar-refractivity contribution in [3.05, 3.63) is 70.3 Å². The molecule has 0 fully saturated rings. The molecule has 5 heteroatoms. The maximum Gasteiger partial charge on any atom is 0.294 e. The normalized spacial score (nSPS) is 9.78. The highest BCUT2D eigenvalue weighted by Crippen LogP contribution is 2.23. The van der Waals surface area contributed by atoms with E-state index in [-0.39, 0.29) is 11.4 Å². The van der Waals surface area contributed by atoms with Gasteiger partial charge in [0.05, 0.1) is 4.92 Å². The van der Waals surface area contributed by atoms with Crippen molar-refractivity contribution in [1.82, 2.24) is 5.32 Å². The molecule has 1 radical (unpaired) electrons. The van der Waals surface area contributed by atoms with Gasteiger partial charge in [-0.25, -0.2) is 5.32 Å². The van der Waals surface area contributed by atoms with Crippen LogP contribution in [-0.2, 0) is 0 Å². The second-order valence-corrected chi connectivity index (χ2v) is 3.53. The molecule has 2 aromatic carbocycles. The Bertz CT molecular complexity index is 582. The van der Waals surface area contributed by atoms with Gasteiger partial charge < -0.3 is 0 Å². The SMILES string of the molecule is O=C([N]c1ccccc1[N+](=O)[O-])c1ccccc1. The molecule has 89 valence electrons. The lowest BCUT2D eigenvalue weighted by Gasteiger charge is -2.02. The molecule has 0 aliphatic rings. The van der Waals surface area contributed by atoms with E-state index in [1.54, 1.807) is 36.4 Å².